The molecule has 144 valence electrons. The minimum Gasteiger partial charge on any atom is -0.485 e. The van der Waals surface area contributed by atoms with Crippen molar-refractivity contribution in [2.75, 3.05) is 18.4 Å². The van der Waals surface area contributed by atoms with Gasteiger partial charge in [0.25, 0.3) is 0 Å². The summed E-state index contributed by atoms with van der Waals surface area (Å²) in [4.78, 5) is 18.7. The number of amides is 2. The van der Waals surface area contributed by atoms with Crippen LogP contribution in [0.2, 0.25) is 5.02 Å². The molecule has 0 saturated carbocycles. The van der Waals surface area contributed by atoms with E-state index in [-0.39, 0.29) is 17.6 Å². The van der Waals surface area contributed by atoms with Crippen LogP contribution in [0.1, 0.15) is 24.8 Å². The zero-order valence-electron chi connectivity index (χ0n) is 15.3. The van der Waals surface area contributed by atoms with Gasteiger partial charge in [0.2, 0.25) is 0 Å². The van der Waals surface area contributed by atoms with Crippen LogP contribution in [0, 0.1) is 0 Å². The maximum Gasteiger partial charge on any atom is 0.325 e. The molecule has 0 bridgehead atoms. The molecule has 3 heterocycles. The second kappa shape index (κ2) is 6.71. The fraction of sp³-hybridized carbons (Fsp3) is 0.333. The Morgan fingerprint density at radius 1 is 1.11 bits per heavy atom. The number of ether oxygens (including phenoxy) is 1. The molecule has 5 rings (SSSR count). The van der Waals surface area contributed by atoms with Gasteiger partial charge in [-0.25, -0.2) is 4.79 Å². The number of hydrogen-bond donors (Lipinski definition) is 1. The van der Waals surface area contributed by atoms with Gasteiger partial charge in [-0.15, -0.1) is 0 Å². The van der Waals surface area contributed by atoms with E-state index in [4.69, 9.17) is 20.8 Å². The smallest absolute Gasteiger partial charge is 0.325 e. The van der Waals surface area contributed by atoms with Crippen LogP contribution in [-0.4, -0.2) is 34.6 Å². The van der Waals surface area contributed by atoms with Crippen LogP contribution < -0.4 is 10.1 Å². The lowest BCUT2D eigenvalue weighted by Gasteiger charge is -2.44. The number of urea groups is 1. The molecule has 2 aliphatic heterocycles. The van der Waals surface area contributed by atoms with Crippen molar-refractivity contribution in [1.29, 1.82) is 0 Å². The summed E-state index contributed by atoms with van der Waals surface area (Å²) in [6, 6.07) is 13.3. The lowest BCUT2D eigenvalue weighted by atomic mass is 9.83. The molecule has 0 radical (unpaired) electrons. The topological polar surface area (TPSA) is 67.6 Å². The largest absolute Gasteiger partial charge is 0.485 e. The van der Waals surface area contributed by atoms with Crippen molar-refractivity contribution >= 4 is 34.7 Å². The van der Waals surface area contributed by atoms with E-state index >= 15 is 0 Å². The lowest BCUT2D eigenvalue weighted by Crippen LogP contribution is -2.52. The Hall–Kier alpha value is -2.73. The Bertz CT molecular complexity index is 1010. The van der Waals surface area contributed by atoms with Gasteiger partial charge in [0.05, 0.1) is 5.02 Å². The maximum absolute atomic E-state index is 12.6. The first kappa shape index (κ1) is 17.4. The highest BCUT2D eigenvalue weighted by Crippen LogP contribution is 2.42. The van der Waals surface area contributed by atoms with E-state index in [1.165, 1.54) is 0 Å². The Labute approximate surface area is 167 Å². The van der Waals surface area contributed by atoms with Crippen LogP contribution in [0.15, 0.2) is 46.9 Å². The second-order valence-corrected chi connectivity index (χ2v) is 7.82. The molecule has 3 aromatic rings. The number of likely N-dealkylation sites (tertiary alicyclic amines) is 1. The molecular formula is C21H20ClN3O3. The quantitative estimate of drug-likeness (QED) is 0.635. The number of oxazole rings is 1. The SMILES string of the molecule is O=C(Nc1nc2ccccc2o1)N1CCC2(CCc3cccc(Cl)c3O2)CC1. The number of rotatable bonds is 1. The van der Waals surface area contributed by atoms with Gasteiger partial charge < -0.3 is 14.1 Å². The third kappa shape index (κ3) is 3.07. The number of carbonyl (C=O) groups excluding carboxylic acids is 1. The van der Waals surface area contributed by atoms with E-state index in [9.17, 15) is 4.79 Å². The summed E-state index contributed by atoms with van der Waals surface area (Å²) in [6.45, 7) is 1.23. The molecule has 1 aromatic heterocycles. The predicted molar refractivity (Wildman–Crippen MR) is 107 cm³/mol. The van der Waals surface area contributed by atoms with Gasteiger partial charge in [-0.2, -0.15) is 4.98 Å². The minimum absolute atomic E-state index is 0.198. The van der Waals surface area contributed by atoms with E-state index in [2.05, 4.69) is 16.4 Å². The van der Waals surface area contributed by atoms with Crippen molar-refractivity contribution in [3.8, 4) is 5.75 Å². The normalized spacial score (nSPS) is 18.0. The first-order chi connectivity index (χ1) is 13.6. The summed E-state index contributed by atoms with van der Waals surface area (Å²) in [5.74, 6) is 0.805. The highest BCUT2D eigenvalue weighted by atomic mass is 35.5. The second-order valence-electron chi connectivity index (χ2n) is 7.42. The zero-order valence-corrected chi connectivity index (χ0v) is 16.0. The number of benzene rings is 2. The molecule has 0 unspecified atom stereocenters. The van der Waals surface area contributed by atoms with Gasteiger partial charge in [-0.3, -0.25) is 5.32 Å². The van der Waals surface area contributed by atoms with Crippen LogP contribution in [0.4, 0.5) is 10.8 Å². The van der Waals surface area contributed by atoms with E-state index in [1.54, 1.807) is 4.90 Å². The van der Waals surface area contributed by atoms with Gasteiger partial charge in [-0.1, -0.05) is 35.9 Å². The number of anilines is 1. The number of nitrogens with zero attached hydrogens (tertiary/aromatic N) is 2. The number of fused-ring (bicyclic) bond motifs is 2. The number of aryl methyl sites for hydroxylation is 1. The minimum atomic E-state index is -0.244. The molecule has 2 amide bonds. The molecule has 0 aliphatic carbocycles. The fourth-order valence-corrected chi connectivity index (χ4v) is 4.29. The third-order valence-electron chi connectivity index (χ3n) is 5.69. The molecule has 1 N–H and O–H groups in total. The number of aromatic nitrogens is 1. The van der Waals surface area contributed by atoms with Crippen LogP contribution in [0.3, 0.4) is 0 Å². The van der Waals surface area contributed by atoms with E-state index in [0.717, 1.165) is 42.5 Å². The number of nitrogens with one attached hydrogen (secondary N) is 1. The molecule has 1 fully saturated rings. The summed E-state index contributed by atoms with van der Waals surface area (Å²) in [5.41, 5.74) is 2.30. The average Bonchev–Trinajstić information content (AvgIpc) is 3.11. The highest BCUT2D eigenvalue weighted by molar-refractivity contribution is 6.32. The lowest BCUT2D eigenvalue weighted by molar-refractivity contribution is -0.00430. The number of halogens is 1. The number of piperidine rings is 1. The first-order valence-electron chi connectivity index (χ1n) is 9.50. The van der Waals surface area contributed by atoms with Crippen molar-refractivity contribution in [3.05, 3.63) is 53.1 Å². The van der Waals surface area contributed by atoms with E-state index < -0.39 is 0 Å². The van der Waals surface area contributed by atoms with Crippen LogP contribution >= 0.6 is 11.6 Å². The average molecular weight is 398 g/mol. The Morgan fingerprint density at radius 3 is 2.75 bits per heavy atom. The first-order valence-corrected chi connectivity index (χ1v) is 9.88. The van der Waals surface area contributed by atoms with Gasteiger partial charge >= 0.3 is 12.0 Å². The van der Waals surface area contributed by atoms with Crippen LogP contribution in [-0.2, 0) is 6.42 Å². The molecule has 6 nitrogen and oxygen atoms in total. The summed E-state index contributed by atoms with van der Waals surface area (Å²) >= 11 is 6.33. The number of hydrogen-bond acceptors (Lipinski definition) is 4. The van der Waals surface area contributed by atoms with Crippen LogP contribution in [0.25, 0.3) is 11.1 Å². The van der Waals surface area contributed by atoms with Gasteiger partial charge in [-0.05, 0) is 36.6 Å². The summed E-state index contributed by atoms with van der Waals surface area (Å²) in [7, 11) is 0. The van der Waals surface area contributed by atoms with Gasteiger partial charge in [0, 0.05) is 25.9 Å². The molecule has 1 saturated heterocycles. The van der Waals surface area contributed by atoms with Crippen molar-refractivity contribution in [3.63, 3.8) is 0 Å². The third-order valence-corrected chi connectivity index (χ3v) is 5.98. The fourth-order valence-electron chi connectivity index (χ4n) is 4.06. The van der Waals surface area contributed by atoms with Crippen molar-refractivity contribution in [2.45, 2.75) is 31.3 Å². The van der Waals surface area contributed by atoms with E-state index in [0.29, 0.717) is 23.7 Å². The molecule has 1 spiro atoms. The number of carbonyl (C=O) groups is 1. The molecular weight excluding hydrogens is 378 g/mol. The predicted octanol–water partition coefficient (Wildman–Crippen LogP) is 4.87. The van der Waals surface area contributed by atoms with E-state index in [1.807, 2.05) is 36.4 Å². The summed E-state index contributed by atoms with van der Waals surface area (Å²) < 4.78 is 11.9. The van der Waals surface area contributed by atoms with Crippen molar-refractivity contribution in [1.82, 2.24) is 9.88 Å². The number of para-hydroxylation sites is 3. The summed E-state index contributed by atoms with van der Waals surface area (Å²) in [5, 5.41) is 3.42. The summed E-state index contributed by atoms with van der Waals surface area (Å²) in [6.07, 6.45) is 3.45. The van der Waals surface area contributed by atoms with Crippen LogP contribution in [0.5, 0.6) is 5.75 Å². The standard InChI is InChI=1S/C21H20ClN3O3/c22-15-5-3-4-14-8-9-21(28-18(14)15)10-12-25(13-11-21)20(26)24-19-23-16-6-1-2-7-17(16)27-19/h1-7H,8-13H2,(H,23,24,26). The Morgan fingerprint density at radius 2 is 1.93 bits per heavy atom. The highest BCUT2D eigenvalue weighted by Gasteiger charge is 2.41. The Kier molecular flexibility index (Phi) is 4.16. The van der Waals surface area contributed by atoms with Gasteiger partial charge in [0.1, 0.15) is 16.9 Å². The molecule has 0 atom stereocenters. The van der Waals surface area contributed by atoms with Crippen molar-refractivity contribution < 1.29 is 13.9 Å². The molecule has 2 aliphatic rings. The molecule has 28 heavy (non-hydrogen) atoms. The van der Waals surface area contributed by atoms with Crippen molar-refractivity contribution in [2.24, 2.45) is 0 Å². The maximum atomic E-state index is 12.6. The van der Waals surface area contributed by atoms with Gasteiger partial charge in [0.15, 0.2) is 5.58 Å². The molecule has 2 aromatic carbocycles. The Balaban J connectivity index is 1.24. The monoisotopic (exact) mass is 397 g/mol. The molecule has 7 heteroatoms. The zero-order chi connectivity index (χ0) is 19.1.